The SMILES string of the molecule is CN(C)C(=O)c1cccc(NC(=S)NC(=O)c2ccc(Cl)cc2Cl)c1. The standard InChI is InChI=1S/C17H15Cl2N3O2S/c1-22(2)16(24)10-4-3-5-12(8-10)20-17(25)21-15(23)13-7-6-11(18)9-14(13)19/h3-9H,1-2H3,(H2,20,21,23,25). The molecule has 0 atom stereocenters. The molecule has 2 rings (SSSR count). The molecule has 130 valence electrons. The number of carbonyl (C=O) groups is 2. The molecule has 0 spiro atoms. The van der Waals surface area contributed by atoms with Crippen LogP contribution in [0.25, 0.3) is 0 Å². The first-order valence-corrected chi connectivity index (χ1v) is 8.33. The quantitative estimate of drug-likeness (QED) is 0.775. The predicted molar refractivity (Wildman–Crippen MR) is 105 cm³/mol. The van der Waals surface area contributed by atoms with Crippen LogP contribution in [-0.4, -0.2) is 35.9 Å². The van der Waals surface area contributed by atoms with Crippen molar-refractivity contribution in [1.82, 2.24) is 10.2 Å². The summed E-state index contributed by atoms with van der Waals surface area (Å²) < 4.78 is 0. The molecule has 0 saturated heterocycles. The van der Waals surface area contributed by atoms with E-state index in [-0.39, 0.29) is 21.6 Å². The summed E-state index contributed by atoms with van der Waals surface area (Å²) >= 11 is 16.9. The topological polar surface area (TPSA) is 61.4 Å². The Balaban J connectivity index is 2.06. The van der Waals surface area contributed by atoms with Crippen molar-refractivity contribution in [2.45, 2.75) is 0 Å². The van der Waals surface area contributed by atoms with Gasteiger partial charge in [0.2, 0.25) is 0 Å². The maximum absolute atomic E-state index is 12.2. The maximum atomic E-state index is 12.2. The lowest BCUT2D eigenvalue weighted by atomic mass is 10.2. The molecule has 2 aromatic rings. The largest absolute Gasteiger partial charge is 0.345 e. The molecule has 0 fully saturated rings. The summed E-state index contributed by atoms with van der Waals surface area (Å²) in [6.45, 7) is 0. The van der Waals surface area contributed by atoms with Crippen LogP contribution in [0.4, 0.5) is 5.69 Å². The van der Waals surface area contributed by atoms with Gasteiger partial charge in [-0.05, 0) is 48.6 Å². The van der Waals surface area contributed by atoms with E-state index in [0.29, 0.717) is 16.3 Å². The van der Waals surface area contributed by atoms with Crippen molar-refractivity contribution >= 4 is 58.0 Å². The molecule has 2 aromatic carbocycles. The van der Waals surface area contributed by atoms with E-state index in [4.69, 9.17) is 35.4 Å². The van der Waals surface area contributed by atoms with Crippen molar-refractivity contribution in [3.63, 3.8) is 0 Å². The van der Waals surface area contributed by atoms with Crippen LogP contribution in [0, 0.1) is 0 Å². The minimum absolute atomic E-state index is 0.0884. The zero-order valence-corrected chi connectivity index (χ0v) is 15.8. The monoisotopic (exact) mass is 395 g/mol. The summed E-state index contributed by atoms with van der Waals surface area (Å²) in [6.07, 6.45) is 0. The second kappa shape index (κ2) is 8.29. The number of anilines is 1. The Morgan fingerprint density at radius 1 is 1.08 bits per heavy atom. The Kier molecular flexibility index (Phi) is 6.36. The fraction of sp³-hybridized carbons (Fsp3) is 0.118. The van der Waals surface area contributed by atoms with Gasteiger partial charge in [-0.2, -0.15) is 0 Å². The third kappa shape index (κ3) is 5.16. The van der Waals surface area contributed by atoms with Gasteiger partial charge in [0.25, 0.3) is 11.8 Å². The molecule has 2 amide bonds. The Labute approximate surface area is 160 Å². The second-order valence-corrected chi connectivity index (χ2v) is 6.56. The van der Waals surface area contributed by atoms with E-state index in [9.17, 15) is 9.59 Å². The molecule has 0 aliphatic rings. The lowest BCUT2D eigenvalue weighted by Crippen LogP contribution is -2.34. The molecule has 5 nitrogen and oxygen atoms in total. The number of benzene rings is 2. The molecular formula is C17H15Cl2N3O2S. The number of hydrogen-bond donors (Lipinski definition) is 2. The number of rotatable bonds is 3. The highest BCUT2D eigenvalue weighted by atomic mass is 35.5. The van der Waals surface area contributed by atoms with Crippen molar-refractivity contribution in [1.29, 1.82) is 0 Å². The molecule has 25 heavy (non-hydrogen) atoms. The van der Waals surface area contributed by atoms with Crippen LogP contribution in [0.1, 0.15) is 20.7 Å². The number of thiocarbonyl (C=S) groups is 1. The van der Waals surface area contributed by atoms with E-state index in [0.717, 1.165) is 0 Å². The lowest BCUT2D eigenvalue weighted by molar-refractivity contribution is 0.0827. The van der Waals surface area contributed by atoms with E-state index in [1.165, 1.54) is 17.0 Å². The van der Waals surface area contributed by atoms with Gasteiger partial charge in [0.05, 0.1) is 10.6 Å². The Hall–Kier alpha value is -2.15. The molecule has 0 saturated carbocycles. The highest BCUT2D eigenvalue weighted by Gasteiger charge is 2.13. The molecule has 0 bridgehead atoms. The normalized spacial score (nSPS) is 10.1. The van der Waals surface area contributed by atoms with Crippen LogP contribution < -0.4 is 10.6 Å². The number of halogens is 2. The van der Waals surface area contributed by atoms with Gasteiger partial charge >= 0.3 is 0 Å². The minimum Gasteiger partial charge on any atom is -0.345 e. The van der Waals surface area contributed by atoms with Gasteiger partial charge < -0.3 is 10.2 Å². The fourth-order valence-corrected chi connectivity index (χ4v) is 2.70. The van der Waals surface area contributed by atoms with Crippen molar-refractivity contribution in [2.24, 2.45) is 0 Å². The van der Waals surface area contributed by atoms with Gasteiger partial charge in [-0.25, -0.2) is 0 Å². The zero-order chi connectivity index (χ0) is 18.6. The van der Waals surface area contributed by atoms with Gasteiger partial charge in [0.1, 0.15) is 0 Å². The van der Waals surface area contributed by atoms with Gasteiger partial charge in [-0.3, -0.25) is 14.9 Å². The fourth-order valence-electron chi connectivity index (χ4n) is 1.99. The Morgan fingerprint density at radius 2 is 1.80 bits per heavy atom. The maximum Gasteiger partial charge on any atom is 0.258 e. The van der Waals surface area contributed by atoms with Crippen LogP contribution in [0.5, 0.6) is 0 Å². The van der Waals surface area contributed by atoms with Crippen LogP contribution in [-0.2, 0) is 0 Å². The van der Waals surface area contributed by atoms with Gasteiger partial charge in [0.15, 0.2) is 5.11 Å². The number of nitrogens with one attached hydrogen (secondary N) is 2. The minimum atomic E-state index is -0.459. The van der Waals surface area contributed by atoms with Crippen molar-refractivity contribution in [3.8, 4) is 0 Å². The molecule has 0 unspecified atom stereocenters. The molecule has 0 aromatic heterocycles. The predicted octanol–water partition coefficient (Wildman–Crippen LogP) is 3.82. The summed E-state index contributed by atoms with van der Waals surface area (Å²) in [7, 11) is 3.34. The van der Waals surface area contributed by atoms with Crippen molar-refractivity contribution < 1.29 is 9.59 Å². The summed E-state index contributed by atoms with van der Waals surface area (Å²) in [4.78, 5) is 25.7. The zero-order valence-electron chi connectivity index (χ0n) is 13.5. The summed E-state index contributed by atoms with van der Waals surface area (Å²) in [6, 6.07) is 11.4. The lowest BCUT2D eigenvalue weighted by Gasteiger charge is -2.13. The molecule has 0 radical (unpaired) electrons. The van der Waals surface area contributed by atoms with Crippen LogP contribution >= 0.6 is 35.4 Å². The Morgan fingerprint density at radius 3 is 2.44 bits per heavy atom. The highest BCUT2D eigenvalue weighted by molar-refractivity contribution is 7.80. The first-order chi connectivity index (χ1) is 11.8. The number of carbonyl (C=O) groups excluding carboxylic acids is 2. The number of nitrogens with zero attached hydrogens (tertiary/aromatic N) is 1. The van der Waals surface area contributed by atoms with Gasteiger partial charge in [0, 0.05) is 30.4 Å². The first kappa shape index (κ1) is 19.2. The molecule has 0 aliphatic carbocycles. The molecule has 8 heteroatoms. The third-order valence-electron chi connectivity index (χ3n) is 3.18. The summed E-state index contributed by atoms with van der Waals surface area (Å²) in [5.41, 5.74) is 1.34. The average Bonchev–Trinajstić information content (AvgIpc) is 2.53. The summed E-state index contributed by atoms with van der Waals surface area (Å²) in [5, 5.41) is 6.15. The number of hydrogen-bond acceptors (Lipinski definition) is 3. The van der Waals surface area contributed by atoms with E-state index in [1.807, 2.05) is 0 Å². The molecule has 2 N–H and O–H groups in total. The third-order valence-corrected chi connectivity index (χ3v) is 3.93. The number of amides is 2. The Bertz CT molecular complexity index is 840. The summed E-state index contributed by atoms with van der Waals surface area (Å²) in [5.74, 6) is -0.591. The van der Waals surface area contributed by atoms with E-state index < -0.39 is 5.91 Å². The molecule has 0 heterocycles. The molecule has 0 aliphatic heterocycles. The van der Waals surface area contributed by atoms with Gasteiger partial charge in [-0.1, -0.05) is 29.3 Å². The van der Waals surface area contributed by atoms with Crippen molar-refractivity contribution in [3.05, 3.63) is 63.6 Å². The first-order valence-electron chi connectivity index (χ1n) is 7.17. The van der Waals surface area contributed by atoms with Crippen LogP contribution in [0.2, 0.25) is 10.0 Å². The second-order valence-electron chi connectivity index (χ2n) is 5.31. The van der Waals surface area contributed by atoms with E-state index >= 15 is 0 Å². The van der Waals surface area contributed by atoms with E-state index in [2.05, 4.69) is 10.6 Å². The van der Waals surface area contributed by atoms with Gasteiger partial charge in [-0.15, -0.1) is 0 Å². The molecular weight excluding hydrogens is 381 g/mol. The van der Waals surface area contributed by atoms with Crippen LogP contribution in [0.3, 0.4) is 0 Å². The van der Waals surface area contributed by atoms with E-state index in [1.54, 1.807) is 44.4 Å². The smallest absolute Gasteiger partial charge is 0.258 e. The highest BCUT2D eigenvalue weighted by Crippen LogP contribution is 2.21. The average molecular weight is 396 g/mol. The van der Waals surface area contributed by atoms with Crippen LogP contribution in [0.15, 0.2) is 42.5 Å². The van der Waals surface area contributed by atoms with Crippen molar-refractivity contribution in [2.75, 3.05) is 19.4 Å².